The predicted octanol–water partition coefficient (Wildman–Crippen LogP) is 8.36. The number of hydrogen-bond acceptors (Lipinski definition) is 5. The normalized spacial score (nSPS) is 21.2. The zero-order valence-electron chi connectivity index (χ0n) is 26.5. The van der Waals surface area contributed by atoms with Gasteiger partial charge >= 0.3 is 5.97 Å². The second-order valence-electron chi connectivity index (χ2n) is 13.2. The van der Waals surface area contributed by atoms with Gasteiger partial charge in [0.2, 0.25) is 5.71 Å². The fraction of sp³-hybridized carbons (Fsp3) is 0.412. The second-order valence-corrected chi connectivity index (χ2v) is 15.4. The third kappa shape index (κ3) is 5.83. The Labute approximate surface area is 270 Å². The van der Waals surface area contributed by atoms with Crippen LogP contribution in [0, 0.1) is 17.5 Å². The van der Waals surface area contributed by atoms with Gasteiger partial charge in [0.15, 0.2) is 11.6 Å². The van der Waals surface area contributed by atoms with E-state index < -0.39 is 53.2 Å². The molecule has 0 spiro atoms. The van der Waals surface area contributed by atoms with Gasteiger partial charge in [-0.25, -0.2) is 22.5 Å². The first-order chi connectivity index (χ1) is 22.4. The average molecular weight is 667 g/mol. The van der Waals surface area contributed by atoms with Crippen molar-refractivity contribution in [3.63, 3.8) is 0 Å². The van der Waals surface area contributed by atoms with Gasteiger partial charge in [-0.05, 0) is 81.3 Å². The highest BCUT2D eigenvalue weighted by molar-refractivity contribution is 7.71. The van der Waals surface area contributed by atoms with Crippen molar-refractivity contribution in [1.82, 2.24) is 0 Å². The molecule has 246 valence electrons. The highest BCUT2D eigenvalue weighted by atomic mass is 31.2. The molecule has 2 aromatic rings. The van der Waals surface area contributed by atoms with Crippen LogP contribution in [-0.2, 0) is 9.09 Å². The fourth-order valence-corrected chi connectivity index (χ4v) is 9.73. The van der Waals surface area contributed by atoms with Crippen molar-refractivity contribution in [2.75, 3.05) is 31.1 Å². The SMILES string of the molecule is CC(C)(C)OP1(=O)C2=CC(=[N+]3CCCCC3)C=CC2=C(c2c(F)c(N=[N+]=[N-])c(F)c(F)c2C(=O)O)c2ccc(N3CCCCC3)cc21. The topological polar surface area (TPSA) is 119 Å². The molecule has 1 N–H and O–H groups in total. The molecule has 0 amide bonds. The molecule has 3 aliphatic heterocycles. The number of piperidine rings is 2. The molecule has 0 radical (unpaired) electrons. The number of rotatable bonds is 5. The van der Waals surface area contributed by atoms with E-state index in [0.29, 0.717) is 0 Å². The molecule has 47 heavy (non-hydrogen) atoms. The lowest BCUT2D eigenvalue weighted by Crippen LogP contribution is -2.33. The molecule has 3 heterocycles. The second kappa shape index (κ2) is 12.5. The number of fused-ring (bicyclic) bond motifs is 2. The molecule has 2 saturated heterocycles. The van der Waals surface area contributed by atoms with Crippen molar-refractivity contribution in [2.24, 2.45) is 5.11 Å². The first-order valence-corrected chi connectivity index (χ1v) is 17.4. The molecule has 9 nitrogen and oxygen atoms in total. The molecule has 4 aliphatic rings. The number of azide groups is 1. The molecule has 0 bridgehead atoms. The quantitative estimate of drug-likeness (QED) is 0.0859. The monoisotopic (exact) mass is 666 g/mol. The molecular weight excluding hydrogens is 630 g/mol. The lowest BCUT2D eigenvalue weighted by atomic mass is 9.86. The van der Waals surface area contributed by atoms with Crippen molar-refractivity contribution < 1.29 is 36.7 Å². The minimum Gasteiger partial charge on any atom is -0.478 e. The first kappa shape index (κ1) is 32.8. The molecule has 6 rings (SSSR count). The summed E-state index contributed by atoms with van der Waals surface area (Å²) in [4.78, 5) is 17.1. The number of carboxylic acids is 1. The van der Waals surface area contributed by atoms with Crippen LogP contribution < -0.4 is 10.2 Å². The van der Waals surface area contributed by atoms with Crippen LogP contribution in [0.4, 0.5) is 24.5 Å². The number of benzene rings is 2. The average Bonchev–Trinajstić information content (AvgIpc) is 3.05. The smallest absolute Gasteiger partial charge is 0.339 e. The van der Waals surface area contributed by atoms with Gasteiger partial charge in [-0.2, -0.15) is 0 Å². The highest BCUT2D eigenvalue weighted by Crippen LogP contribution is 2.65. The molecule has 1 aliphatic carbocycles. The number of hydrogen-bond donors (Lipinski definition) is 1. The van der Waals surface area contributed by atoms with E-state index in [-0.39, 0.29) is 27.3 Å². The minimum absolute atomic E-state index is 0.113. The van der Waals surface area contributed by atoms with Gasteiger partial charge in [-0.15, -0.1) is 0 Å². The molecular formula is C34H36F3N5O4P+. The van der Waals surface area contributed by atoms with E-state index in [2.05, 4.69) is 19.5 Å². The predicted molar refractivity (Wildman–Crippen MR) is 175 cm³/mol. The zero-order valence-corrected chi connectivity index (χ0v) is 27.4. The Hall–Kier alpha value is -4.11. The Kier molecular flexibility index (Phi) is 8.72. The summed E-state index contributed by atoms with van der Waals surface area (Å²) in [5.74, 6) is -7.25. The van der Waals surface area contributed by atoms with E-state index in [0.717, 1.165) is 76.1 Å². The minimum atomic E-state index is -4.02. The summed E-state index contributed by atoms with van der Waals surface area (Å²) in [6, 6.07) is 5.11. The summed E-state index contributed by atoms with van der Waals surface area (Å²) >= 11 is 0. The van der Waals surface area contributed by atoms with E-state index >= 15 is 17.7 Å². The largest absolute Gasteiger partial charge is 0.478 e. The number of aromatic carboxylic acids is 1. The maximum atomic E-state index is 16.4. The molecule has 0 saturated carbocycles. The van der Waals surface area contributed by atoms with Gasteiger partial charge in [-0.3, -0.25) is 4.57 Å². The van der Waals surface area contributed by atoms with Crippen LogP contribution in [0.2, 0.25) is 0 Å². The molecule has 2 aromatic carbocycles. The van der Waals surface area contributed by atoms with Crippen molar-refractivity contribution in [3.8, 4) is 0 Å². The summed E-state index contributed by atoms with van der Waals surface area (Å²) in [6.45, 7) is 8.41. The molecule has 1 atom stereocenters. The maximum absolute atomic E-state index is 16.4. The summed E-state index contributed by atoms with van der Waals surface area (Å²) in [6.07, 6.45) is 11.1. The molecule has 13 heteroatoms. The van der Waals surface area contributed by atoms with Crippen LogP contribution in [-0.4, -0.2) is 53.1 Å². The van der Waals surface area contributed by atoms with Gasteiger partial charge < -0.3 is 14.5 Å². The van der Waals surface area contributed by atoms with E-state index in [4.69, 9.17) is 10.1 Å². The van der Waals surface area contributed by atoms with Crippen molar-refractivity contribution in [2.45, 2.75) is 64.9 Å². The standard InChI is InChI=1S/C34H35F3N5O4P/c1-34(2,3)46-47(45)24-18-20(41-14-6-4-7-15-41)10-12-22(24)26(23-13-11-21(19-25(23)47)42-16-8-5-9-17-42)27-28(33(43)44)29(35)31(37)32(30(27)36)39-40-38/h10-13,18-19H,4-9,14-17H2,1-3H3/p+1. The van der Waals surface area contributed by atoms with E-state index in [1.54, 1.807) is 57.2 Å². The Balaban J connectivity index is 1.75. The third-order valence-electron chi connectivity index (χ3n) is 8.89. The van der Waals surface area contributed by atoms with Crippen molar-refractivity contribution in [1.29, 1.82) is 0 Å². The van der Waals surface area contributed by atoms with Crippen molar-refractivity contribution in [3.05, 3.63) is 91.9 Å². The Morgan fingerprint density at radius 2 is 1.70 bits per heavy atom. The van der Waals surface area contributed by atoms with Crippen LogP contribution in [0.25, 0.3) is 16.0 Å². The summed E-state index contributed by atoms with van der Waals surface area (Å²) in [5, 5.41) is 13.6. The Morgan fingerprint density at radius 3 is 2.34 bits per heavy atom. The zero-order chi connectivity index (χ0) is 33.7. The lowest BCUT2D eigenvalue weighted by molar-refractivity contribution is -0.535. The van der Waals surface area contributed by atoms with Crippen LogP contribution in [0.5, 0.6) is 0 Å². The number of allylic oxidation sites excluding steroid dienone is 5. The fourth-order valence-electron chi connectivity index (χ4n) is 6.89. The highest BCUT2D eigenvalue weighted by Gasteiger charge is 2.47. The van der Waals surface area contributed by atoms with Gasteiger partial charge in [0, 0.05) is 59.8 Å². The van der Waals surface area contributed by atoms with E-state index in [1.807, 2.05) is 0 Å². The van der Waals surface area contributed by atoms with Crippen LogP contribution >= 0.6 is 7.37 Å². The number of halogens is 3. The lowest BCUT2D eigenvalue weighted by Gasteiger charge is -2.38. The summed E-state index contributed by atoms with van der Waals surface area (Å²) < 4.78 is 71.3. The third-order valence-corrected chi connectivity index (χ3v) is 11.7. The van der Waals surface area contributed by atoms with Gasteiger partial charge in [0.05, 0.1) is 16.2 Å². The van der Waals surface area contributed by atoms with Crippen LogP contribution in [0.1, 0.15) is 80.8 Å². The Bertz CT molecular complexity index is 1910. The molecule has 1 unspecified atom stereocenters. The van der Waals surface area contributed by atoms with Crippen molar-refractivity contribution >= 4 is 41.3 Å². The summed E-state index contributed by atoms with van der Waals surface area (Å²) in [5.41, 5.74) is 6.47. The molecule has 0 aromatic heterocycles. The first-order valence-electron chi connectivity index (χ1n) is 15.8. The molecule has 2 fully saturated rings. The van der Waals surface area contributed by atoms with Crippen LogP contribution in [0.15, 0.2) is 52.4 Å². The number of carbonyl (C=O) groups is 1. The van der Waals surface area contributed by atoms with E-state index in [9.17, 15) is 9.90 Å². The van der Waals surface area contributed by atoms with Gasteiger partial charge in [0.25, 0.3) is 7.37 Å². The number of nitrogens with zero attached hydrogens (tertiary/aromatic N) is 5. The summed E-state index contributed by atoms with van der Waals surface area (Å²) in [7, 11) is -4.02. The maximum Gasteiger partial charge on any atom is 0.339 e. The Morgan fingerprint density at radius 1 is 1.02 bits per heavy atom. The van der Waals surface area contributed by atoms with Gasteiger partial charge in [0.1, 0.15) is 30.2 Å². The van der Waals surface area contributed by atoms with E-state index in [1.165, 1.54) is 0 Å². The number of carboxylic acid groups (broad SMARTS) is 1. The van der Waals surface area contributed by atoms with Crippen LogP contribution in [0.3, 0.4) is 0 Å². The number of anilines is 1. The van der Waals surface area contributed by atoms with Gasteiger partial charge in [-0.1, -0.05) is 11.2 Å².